The number of nitrogens with one attached hydrogen (secondary N) is 1. The van der Waals surface area contributed by atoms with Gasteiger partial charge in [0.2, 0.25) is 5.91 Å². The zero-order valence-corrected chi connectivity index (χ0v) is 11.4. The van der Waals surface area contributed by atoms with Crippen molar-refractivity contribution < 1.29 is 18.8 Å². The molecule has 0 unspecified atom stereocenters. The molecule has 1 aromatic rings. The summed E-state index contributed by atoms with van der Waals surface area (Å²) >= 11 is 0. The van der Waals surface area contributed by atoms with Crippen molar-refractivity contribution in [3.63, 3.8) is 0 Å². The molecular weight excluding hydrogens is 281 g/mol. The lowest BCUT2D eigenvalue weighted by Gasteiger charge is -2.27. The summed E-state index contributed by atoms with van der Waals surface area (Å²) in [6.07, 6.45) is 0.149. The number of nitro groups is 1. The van der Waals surface area contributed by atoms with E-state index >= 15 is 0 Å². The molecule has 1 N–H and O–H groups in total. The smallest absolute Gasteiger partial charge is 0.272 e. The molecule has 0 spiro atoms. The number of hydrogen-bond donors (Lipinski definition) is 1. The van der Waals surface area contributed by atoms with E-state index in [9.17, 15) is 19.3 Å². The molecule has 21 heavy (non-hydrogen) atoms. The first-order valence-corrected chi connectivity index (χ1v) is 6.63. The lowest BCUT2D eigenvalue weighted by Crippen LogP contribution is -2.46. The largest absolute Gasteiger partial charge is 0.490 e. The molecular formula is C13H16FN3O4. The van der Waals surface area contributed by atoms with Crippen molar-refractivity contribution in [1.82, 2.24) is 10.2 Å². The normalized spacial score (nSPS) is 14.8. The second-order valence-corrected chi connectivity index (χ2v) is 4.60. The van der Waals surface area contributed by atoms with Gasteiger partial charge >= 0.3 is 0 Å². The van der Waals surface area contributed by atoms with Crippen LogP contribution in [0.1, 0.15) is 6.42 Å². The molecule has 0 radical (unpaired) electrons. The quantitative estimate of drug-likeness (QED) is 0.645. The first-order valence-electron chi connectivity index (χ1n) is 6.63. The van der Waals surface area contributed by atoms with E-state index in [1.807, 2.05) is 0 Å². The van der Waals surface area contributed by atoms with Crippen molar-refractivity contribution in [2.45, 2.75) is 6.42 Å². The number of hydrogen-bond acceptors (Lipinski definition) is 5. The number of carbonyl (C=O) groups excluding carboxylic acids is 1. The highest BCUT2D eigenvalue weighted by molar-refractivity contribution is 5.76. The van der Waals surface area contributed by atoms with Gasteiger partial charge in [0.1, 0.15) is 0 Å². The molecule has 1 aliphatic heterocycles. The van der Waals surface area contributed by atoms with E-state index in [2.05, 4.69) is 5.32 Å². The second-order valence-electron chi connectivity index (χ2n) is 4.60. The highest BCUT2D eigenvalue weighted by atomic mass is 19.1. The molecule has 0 aliphatic carbocycles. The van der Waals surface area contributed by atoms with E-state index in [0.717, 1.165) is 25.2 Å². The van der Waals surface area contributed by atoms with Gasteiger partial charge < -0.3 is 15.0 Å². The van der Waals surface area contributed by atoms with E-state index < -0.39 is 10.7 Å². The number of nitrogens with zero attached hydrogens (tertiary/aromatic N) is 2. The number of rotatable bonds is 5. The van der Waals surface area contributed by atoms with Crippen LogP contribution in [0.5, 0.6) is 5.75 Å². The topological polar surface area (TPSA) is 84.7 Å². The van der Waals surface area contributed by atoms with Crippen molar-refractivity contribution in [3.8, 4) is 5.75 Å². The van der Waals surface area contributed by atoms with Crippen molar-refractivity contribution in [3.05, 3.63) is 34.1 Å². The zero-order chi connectivity index (χ0) is 15.2. The van der Waals surface area contributed by atoms with Crippen LogP contribution in [0.15, 0.2) is 18.2 Å². The van der Waals surface area contributed by atoms with Crippen molar-refractivity contribution >= 4 is 11.6 Å². The highest BCUT2D eigenvalue weighted by Gasteiger charge is 2.16. The summed E-state index contributed by atoms with van der Waals surface area (Å²) in [5.74, 6) is -0.939. The maximum atomic E-state index is 13.6. The highest BCUT2D eigenvalue weighted by Crippen LogP contribution is 2.22. The van der Waals surface area contributed by atoms with Crippen LogP contribution in [0.3, 0.4) is 0 Å². The number of benzene rings is 1. The van der Waals surface area contributed by atoms with Crippen LogP contribution in [-0.2, 0) is 4.79 Å². The van der Waals surface area contributed by atoms with Gasteiger partial charge in [-0.3, -0.25) is 14.9 Å². The van der Waals surface area contributed by atoms with Crippen LogP contribution < -0.4 is 10.1 Å². The van der Waals surface area contributed by atoms with Gasteiger partial charge in [-0.05, 0) is 6.07 Å². The third-order valence-electron chi connectivity index (χ3n) is 3.17. The molecule has 0 saturated carbocycles. The molecule has 1 aromatic carbocycles. The van der Waals surface area contributed by atoms with Crippen LogP contribution in [0, 0.1) is 15.9 Å². The van der Waals surface area contributed by atoms with Gasteiger partial charge in [-0.1, -0.05) is 0 Å². The second kappa shape index (κ2) is 6.98. The van der Waals surface area contributed by atoms with Crippen LogP contribution in [0.4, 0.5) is 10.1 Å². The summed E-state index contributed by atoms with van der Waals surface area (Å²) in [4.78, 5) is 23.4. The van der Waals surface area contributed by atoms with E-state index in [1.54, 1.807) is 4.90 Å². The van der Waals surface area contributed by atoms with Gasteiger partial charge in [0.05, 0.1) is 24.0 Å². The fraction of sp³-hybridized carbons (Fsp3) is 0.462. The average molecular weight is 297 g/mol. The summed E-state index contributed by atoms with van der Waals surface area (Å²) < 4.78 is 18.7. The van der Waals surface area contributed by atoms with Crippen molar-refractivity contribution in [2.75, 3.05) is 32.8 Å². The van der Waals surface area contributed by atoms with Crippen LogP contribution in [0.25, 0.3) is 0 Å². The van der Waals surface area contributed by atoms with Gasteiger partial charge in [0.25, 0.3) is 5.69 Å². The number of carbonyl (C=O) groups is 1. The molecule has 114 valence electrons. The summed E-state index contributed by atoms with van der Waals surface area (Å²) in [5.41, 5.74) is -0.336. The molecule has 1 heterocycles. The van der Waals surface area contributed by atoms with Gasteiger partial charge in [-0.25, -0.2) is 4.39 Å². The summed E-state index contributed by atoms with van der Waals surface area (Å²) in [6.45, 7) is 2.89. The molecule has 1 fully saturated rings. The van der Waals surface area contributed by atoms with Gasteiger partial charge in [-0.2, -0.15) is 0 Å². The Morgan fingerprint density at radius 1 is 1.43 bits per heavy atom. The standard InChI is InChI=1S/C13H16FN3O4/c14-11-9-10(17(19)20)1-2-12(11)21-8-3-13(18)16-6-4-15-5-7-16/h1-2,9,15H,3-8H2. The fourth-order valence-electron chi connectivity index (χ4n) is 2.04. The molecule has 7 nitrogen and oxygen atoms in total. The van der Waals surface area contributed by atoms with Gasteiger partial charge in [0, 0.05) is 32.2 Å². The number of ether oxygens (including phenoxy) is 1. The molecule has 0 aromatic heterocycles. The minimum atomic E-state index is -0.807. The van der Waals surface area contributed by atoms with Crippen LogP contribution >= 0.6 is 0 Å². The predicted molar refractivity (Wildman–Crippen MR) is 72.6 cm³/mol. The number of non-ortho nitro benzene ring substituents is 1. The summed E-state index contributed by atoms with van der Waals surface area (Å²) in [6, 6.07) is 3.16. The average Bonchev–Trinajstić information content (AvgIpc) is 2.49. The first kappa shape index (κ1) is 15.2. The number of piperazine rings is 1. The molecule has 0 atom stereocenters. The van der Waals surface area contributed by atoms with E-state index in [4.69, 9.17) is 4.74 Å². The molecule has 0 bridgehead atoms. The lowest BCUT2D eigenvalue weighted by molar-refractivity contribution is -0.385. The molecule has 1 saturated heterocycles. The minimum Gasteiger partial charge on any atom is -0.490 e. The maximum absolute atomic E-state index is 13.6. The SMILES string of the molecule is O=C(CCOc1ccc([N+](=O)[O-])cc1F)N1CCNCC1. The lowest BCUT2D eigenvalue weighted by atomic mass is 10.3. The Morgan fingerprint density at radius 3 is 2.76 bits per heavy atom. The Kier molecular flexibility index (Phi) is 5.04. The third-order valence-corrected chi connectivity index (χ3v) is 3.17. The Bertz CT molecular complexity index is 532. The Morgan fingerprint density at radius 2 is 2.14 bits per heavy atom. The summed E-state index contributed by atoms with van der Waals surface area (Å²) in [5, 5.41) is 13.6. The molecule has 1 amide bonds. The van der Waals surface area contributed by atoms with Gasteiger partial charge in [-0.15, -0.1) is 0 Å². The first-order chi connectivity index (χ1) is 10.1. The Labute approximate surface area is 120 Å². The predicted octanol–water partition coefficient (Wildman–Crippen LogP) is 0.935. The van der Waals surface area contributed by atoms with Crippen molar-refractivity contribution in [2.24, 2.45) is 0 Å². The van der Waals surface area contributed by atoms with E-state index in [-0.39, 0.29) is 30.4 Å². The molecule has 1 aliphatic rings. The third kappa shape index (κ3) is 4.12. The van der Waals surface area contributed by atoms with Gasteiger partial charge in [0.15, 0.2) is 11.6 Å². The minimum absolute atomic E-state index is 0.0392. The Hall–Kier alpha value is -2.22. The number of amides is 1. The number of halogens is 1. The molecule has 2 rings (SSSR count). The fourth-order valence-corrected chi connectivity index (χ4v) is 2.04. The number of nitro benzene ring substituents is 1. The Balaban J connectivity index is 1.83. The van der Waals surface area contributed by atoms with Crippen molar-refractivity contribution in [1.29, 1.82) is 0 Å². The van der Waals surface area contributed by atoms with Crippen LogP contribution in [-0.4, -0.2) is 48.5 Å². The van der Waals surface area contributed by atoms with Crippen LogP contribution in [0.2, 0.25) is 0 Å². The summed E-state index contributed by atoms with van der Waals surface area (Å²) in [7, 11) is 0. The molecule has 8 heteroatoms. The zero-order valence-electron chi connectivity index (χ0n) is 11.4. The van der Waals surface area contributed by atoms with E-state index in [0.29, 0.717) is 13.1 Å². The van der Waals surface area contributed by atoms with E-state index in [1.165, 1.54) is 6.07 Å². The maximum Gasteiger partial charge on any atom is 0.272 e. The monoisotopic (exact) mass is 297 g/mol.